The number of carboxylic acids is 1. The number of carboxylic acid groups (broad SMARTS) is 1. The molecule has 0 saturated carbocycles. The van der Waals surface area contributed by atoms with Crippen molar-refractivity contribution in [2.75, 3.05) is 7.05 Å². The van der Waals surface area contributed by atoms with Crippen molar-refractivity contribution < 1.29 is 32.6 Å². The Morgan fingerprint density at radius 1 is 1.03 bits per heavy atom. The third-order valence-electron chi connectivity index (χ3n) is 5.43. The summed E-state index contributed by atoms with van der Waals surface area (Å²) in [6.07, 6.45) is -4.40. The lowest BCUT2D eigenvalue weighted by molar-refractivity contribution is -0.152. The second kappa shape index (κ2) is 9.77. The quantitative estimate of drug-likeness (QED) is 0.471. The number of carbonyl (C=O) groups excluding carboxylic acids is 1. The standard InChI is InChI=1S/C26H25F3N2O4/c1-16-19(10-13-22(30-16)17-8-11-20(12-9-17)26(27,28)29)15-31(4)23(32)18-6-5-7-21(14-18)35-25(2,3)24(33)34/h5-14H,15H2,1-4H3,(H,33,34). The molecule has 184 valence electrons. The van der Waals surface area contributed by atoms with Crippen LogP contribution in [0, 0.1) is 6.92 Å². The first kappa shape index (κ1) is 25.7. The van der Waals surface area contributed by atoms with Crippen molar-refractivity contribution >= 4 is 11.9 Å². The van der Waals surface area contributed by atoms with E-state index in [0.717, 1.165) is 17.7 Å². The number of hydrogen-bond donors (Lipinski definition) is 1. The van der Waals surface area contributed by atoms with Crippen molar-refractivity contribution in [1.29, 1.82) is 0 Å². The number of ether oxygens (including phenoxy) is 1. The Morgan fingerprint density at radius 2 is 1.69 bits per heavy atom. The minimum atomic E-state index is -4.40. The number of aliphatic carboxylic acids is 1. The first-order valence-corrected chi connectivity index (χ1v) is 10.7. The van der Waals surface area contributed by atoms with Crippen LogP contribution in [0.2, 0.25) is 0 Å². The molecule has 0 saturated heterocycles. The Morgan fingerprint density at radius 3 is 2.26 bits per heavy atom. The lowest BCUT2D eigenvalue weighted by atomic mass is 10.1. The first-order chi connectivity index (χ1) is 16.3. The smallest absolute Gasteiger partial charge is 0.416 e. The van der Waals surface area contributed by atoms with Gasteiger partial charge >= 0.3 is 12.1 Å². The van der Waals surface area contributed by atoms with Crippen molar-refractivity contribution in [3.8, 4) is 17.0 Å². The van der Waals surface area contributed by atoms with Crippen molar-refractivity contribution in [3.63, 3.8) is 0 Å². The highest BCUT2D eigenvalue weighted by molar-refractivity contribution is 5.94. The molecule has 1 aromatic heterocycles. The lowest BCUT2D eigenvalue weighted by Crippen LogP contribution is -2.38. The molecule has 0 unspecified atom stereocenters. The monoisotopic (exact) mass is 486 g/mol. The summed E-state index contributed by atoms with van der Waals surface area (Å²) in [5.74, 6) is -1.17. The summed E-state index contributed by atoms with van der Waals surface area (Å²) >= 11 is 0. The molecule has 0 aliphatic heterocycles. The van der Waals surface area contributed by atoms with E-state index in [9.17, 15) is 27.9 Å². The second-order valence-corrected chi connectivity index (χ2v) is 8.62. The summed E-state index contributed by atoms with van der Waals surface area (Å²) in [6, 6.07) is 14.6. The van der Waals surface area contributed by atoms with Crippen LogP contribution in [0.5, 0.6) is 5.75 Å². The SMILES string of the molecule is Cc1nc(-c2ccc(C(F)(F)F)cc2)ccc1CN(C)C(=O)c1cccc(OC(C)(C)C(=O)O)c1. The summed E-state index contributed by atoms with van der Waals surface area (Å²) in [7, 11) is 1.63. The third kappa shape index (κ3) is 6.17. The molecule has 0 atom stereocenters. The zero-order valence-corrected chi connectivity index (χ0v) is 19.7. The Hall–Kier alpha value is -3.88. The molecule has 9 heteroatoms. The minimum Gasteiger partial charge on any atom is -0.478 e. The molecule has 1 N–H and O–H groups in total. The maximum atomic E-state index is 13.0. The Kier molecular flexibility index (Phi) is 7.19. The zero-order chi connectivity index (χ0) is 26.0. The molecule has 3 rings (SSSR count). The zero-order valence-electron chi connectivity index (χ0n) is 19.7. The molecule has 6 nitrogen and oxygen atoms in total. The van der Waals surface area contributed by atoms with Crippen LogP contribution in [0.1, 0.15) is 41.0 Å². The fraction of sp³-hybridized carbons (Fsp3) is 0.269. The van der Waals surface area contributed by atoms with Gasteiger partial charge in [-0.25, -0.2) is 4.79 Å². The Labute approximate surface area is 201 Å². The van der Waals surface area contributed by atoms with Gasteiger partial charge in [0.1, 0.15) is 5.75 Å². The molecule has 3 aromatic rings. The maximum Gasteiger partial charge on any atom is 0.416 e. The fourth-order valence-electron chi connectivity index (χ4n) is 3.33. The van der Waals surface area contributed by atoms with E-state index in [-0.39, 0.29) is 18.2 Å². The lowest BCUT2D eigenvalue weighted by Gasteiger charge is -2.22. The summed E-state index contributed by atoms with van der Waals surface area (Å²) in [5, 5.41) is 9.24. The van der Waals surface area contributed by atoms with Gasteiger partial charge in [0, 0.05) is 30.4 Å². The minimum absolute atomic E-state index is 0.247. The van der Waals surface area contributed by atoms with Gasteiger partial charge < -0.3 is 14.7 Å². The number of nitrogens with zero attached hydrogens (tertiary/aromatic N) is 2. The number of benzene rings is 2. The van der Waals surface area contributed by atoms with Crippen LogP contribution in [0.3, 0.4) is 0 Å². The van der Waals surface area contributed by atoms with Crippen LogP contribution in [0.15, 0.2) is 60.7 Å². The molecule has 1 amide bonds. The van der Waals surface area contributed by atoms with E-state index in [1.165, 1.54) is 36.9 Å². The summed E-state index contributed by atoms with van der Waals surface area (Å²) in [5.41, 5.74) is 0.649. The molecule has 0 bridgehead atoms. The number of halogens is 3. The number of alkyl halides is 3. The maximum absolute atomic E-state index is 13.0. The fourth-order valence-corrected chi connectivity index (χ4v) is 3.33. The van der Waals surface area contributed by atoms with Crippen LogP contribution in [0.25, 0.3) is 11.3 Å². The van der Waals surface area contributed by atoms with Crippen LogP contribution >= 0.6 is 0 Å². The molecule has 0 radical (unpaired) electrons. The molecule has 0 spiro atoms. The number of hydrogen-bond acceptors (Lipinski definition) is 4. The highest BCUT2D eigenvalue weighted by Gasteiger charge is 2.30. The Balaban J connectivity index is 1.73. The van der Waals surface area contributed by atoms with Crippen LogP contribution < -0.4 is 4.74 Å². The van der Waals surface area contributed by atoms with E-state index in [1.54, 1.807) is 44.3 Å². The normalized spacial score (nSPS) is 11.7. The molecule has 0 aliphatic carbocycles. The van der Waals surface area contributed by atoms with Crippen LogP contribution in [-0.4, -0.2) is 39.5 Å². The summed E-state index contributed by atoms with van der Waals surface area (Å²) in [4.78, 5) is 30.2. The van der Waals surface area contributed by atoms with E-state index in [0.29, 0.717) is 22.5 Å². The van der Waals surface area contributed by atoms with Gasteiger partial charge in [0.05, 0.1) is 11.3 Å². The number of aryl methyl sites for hydroxylation is 1. The largest absolute Gasteiger partial charge is 0.478 e. The van der Waals surface area contributed by atoms with Gasteiger partial charge in [-0.2, -0.15) is 13.2 Å². The third-order valence-corrected chi connectivity index (χ3v) is 5.43. The molecule has 35 heavy (non-hydrogen) atoms. The van der Waals surface area contributed by atoms with Gasteiger partial charge in [0.25, 0.3) is 5.91 Å². The highest BCUT2D eigenvalue weighted by Crippen LogP contribution is 2.31. The number of rotatable bonds is 7. The predicted molar refractivity (Wildman–Crippen MR) is 124 cm³/mol. The van der Waals surface area contributed by atoms with E-state index >= 15 is 0 Å². The van der Waals surface area contributed by atoms with Gasteiger partial charge in [0.15, 0.2) is 5.60 Å². The van der Waals surface area contributed by atoms with Crippen molar-refractivity contribution in [2.45, 2.75) is 39.1 Å². The van der Waals surface area contributed by atoms with Gasteiger partial charge in [-0.3, -0.25) is 9.78 Å². The van der Waals surface area contributed by atoms with Crippen LogP contribution in [-0.2, 0) is 17.5 Å². The average molecular weight is 486 g/mol. The van der Waals surface area contributed by atoms with Gasteiger partial charge in [-0.1, -0.05) is 24.3 Å². The summed E-state index contributed by atoms with van der Waals surface area (Å²) in [6.45, 7) is 4.85. The van der Waals surface area contributed by atoms with Gasteiger partial charge in [0.2, 0.25) is 0 Å². The molecule has 2 aromatic carbocycles. The molecular weight excluding hydrogens is 461 g/mol. The van der Waals surface area contributed by atoms with Crippen molar-refractivity contribution in [2.24, 2.45) is 0 Å². The summed E-state index contributed by atoms with van der Waals surface area (Å²) < 4.78 is 43.9. The number of amides is 1. The van der Waals surface area contributed by atoms with Crippen molar-refractivity contribution in [3.05, 3.63) is 83.0 Å². The first-order valence-electron chi connectivity index (χ1n) is 10.7. The van der Waals surface area contributed by atoms with E-state index < -0.39 is 23.3 Å². The highest BCUT2D eigenvalue weighted by atomic mass is 19.4. The van der Waals surface area contributed by atoms with Crippen molar-refractivity contribution in [1.82, 2.24) is 9.88 Å². The predicted octanol–water partition coefficient (Wildman–Crippen LogP) is 5.59. The topological polar surface area (TPSA) is 79.7 Å². The molecular formula is C26H25F3N2O4. The number of carbonyl (C=O) groups is 2. The van der Waals surface area contributed by atoms with E-state index in [4.69, 9.17) is 4.74 Å². The number of aromatic nitrogens is 1. The Bertz CT molecular complexity index is 1240. The van der Waals surface area contributed by atoms with E-state index in [1.807, 2.05) is 0 Å². The van der Waals surface area contributed by atoms with Gasteiger partial charge in [-0.15, -0.1) is 0 Å². The molecule has 1 heterocycles. The molecule has 0 aliphatic rings. The number of pyridine rings is 1. The van der Waals surface area contributed by atoms with E-state index in [2.05, 4.69) is 4.98 Å². The van der Waals surface area contributed by atoms with Gasteiger partial charge in [-0.05, 0) is 62.7 Å². The van der Waals surface area contributed by atoms with Crippen LogP contribution in [0.4, 0.5) is 13.2 Å². The average Bonchev–Trinajstić information content (AvgIpc) is 2.79. The second-order valence-electron chi connectivity index (χ2n) is 8.62. The molecule has 0 fully saturated rings.